The lowest BCUT2D eigenvalue weighted by atomic mass is 9.76. The molecule has 2 aromatic carbocycles. The monoisotopic (exact) mass is 410 g/mol. The molecule has 0 radical (unpaired) electrons. The van der Waals surface area contributed by atoms with Crippen LogP contribution in [0.3, 0.4) is 0 Å². The Morgan fingerprint density at radius 2 is 1.77 bits per heavy atom. The van der Waals surface area contributed by atoms with Gasteiger partial charge < -0.3 is 14.5 Å². The Hall–Kier alpha value is -2.89. The number of halogens is 1. The van der Waals surface area contributed by atoms with Crippen LogP contribution in [-0.4, -0.2) is 54.4 Å². The first-order valence-electron chi connectivity index (χ1n) is 10.4. The van der Waals surface area contributed by atoms with Crippen LogP contribution >= 0.6 is 0 Å². The van der Waals surface area contributed by atoms with Crippen molar-refractivity contribution in [1.82, 2.24) is 9.80 Å². The zero-order chi connectivity index (χ0) is 21.3. The lowest BCUT2D eigenvalue weighted by Crippen LogP contribution is -2.52. The molecule has 2 aliphatic rings. The summed E-state index contributed by atoms with van der Waals surface area (Å²) in [6.45, 7) is 1.01. The summed E-state index contributed by atoms with van der Waals surface area (Å²) in [6, 6.07) is 14.0. The van der Waals surface area contributed by atoms with E-state index in [1.165, 1.54) is 12.1 Å². The van der Waals surface area contributed by atoms with Gasteiger partial charge in [0.1, 0.15) is 17.2 Å². The summed E-state index contributed by atoms with van der Waals surface area (Å²) in [7, 11) is 3.55. The maximum absolute atomic E-state index is 14.0. The number of amides is 2. The van der Waals surface area contributed by atoms with E-state index in [9.17, 15) is 14.0 Å². The Morgan fingerprint density at radius 1 is 1.10 bits per heavy atom. The molecule has 5 nitrogen and oxygen atoms in total. The Kier molecular flexibility index (Phi) is 5.50. The molecule has 0 N–H and O–H groups in total. The quantitative estimate of drug-likeness (QED) is 0.772. The van der Waals surface area contributed by atoms with Gasteiger partial charge >= 0.3 is 0 Å². The Labute approximate surface area is 176 Å². The molecule has 0 unspecified atom stereocenters. The van der Waals surface area contributed by atoms with E-state index in [1.807, 2.05) is 24.3 Å². The summed E-state index contributed by atoms with van der Waals surface area (Å²) >= 11 is 0. The van der Waals surface area contributed by atoms with Gasteiger partial charge in [-0.1, -0.05) is 30.3 Å². The van der Waals surface area contributed by atoms with Crippen molar-refractivity contribution >= 4 is 11.8 Å². The van der Waals surface area contributed by atoms with E-state index < -0.39 is 11.4 Å². The SMILES string of the molecule is CN(C)C(=O)C[C@@H]1CC2(CCN(C(=O)c3ccccc3F)CC2)Oc2ccccc21. The highest BCUT2D eigenvalue weighted by molar-refractivity contribution is 5.94. The van der Waals surface area contributed by atoms with Gasteiger partial charge in [-0.2, -0.15) is 0 Å². The summed E-state index contributed by atoms with van der Waals surface area (Å²) < 4.78 is 20.5. The van der Waals surface area contributed by atoms with E-state index >= 15 is 0 Å². The fraction of sp³-hybridized carbons (Fsp3) is 0.417. The number of carbonyl (C=O) groups excluding carboxylic acids is 2. The van der Waals surface area contributed by atoms with Crippen molar-refractivity contribution in [3.63, 3.8) is 0 Å². The molecule has 1 saturated heterocycles. The zero-order valence-corrected chi connectivity index (χ0v) is 17.4. The van der Waals surface area contributed by atoms with Crippen LogP contribution in [-0.2, 0) is 4.79 Å². The van der Waals surface area contributed by atoms with Gasteiger partial charge in [-0.05, 0) is 30.2 Å². The predicted octanol–water partition coefficient (Wildman–Crippen LogP) is 3.85. The number of ether oxygens (including phenoxy) is 1. The lowest BCUT2D eigenvalue weighted by Gasteiger charge is -2.47. The summed E-state index contributed by atoms with van der Waals surface area (Å²) in [6.07, 6.45) is 2.50. The van der Waals surface area contributed by atoms with E-state index in [2.05, 4.69) is 0 Å². The minimum Gasteiger partial charge on any atom is -0.487 e. The number of hydrogen-bond acceptors (Lipinski definition) is 3. The van der Waals surface area contributed by atoms with Gasteiger partial charge in [0.05, 0.1) is 5.56 Å². The molecule has 158 valence electrons. The molecular weight excluding hydrogens is 383 g/mol. The summed E-state index contributed by atoms with van der Waals surface area (Å²) in [5.74, 6) is 0.235. The fourth-order valence-corrected chi connectivity index (χ4v) is 4.55. The third kappa shape index (κ3) is 3.91. The smallest absolute Gasteiger partial charge is 0.256 e. The second kappa shape index (κ2) is 8.09. The average Bonchev–Trinajstić information content (AvgIpc) is 2.74. The van der Waals surface area contributed by atoms with Crippen LogP contribution < -0.4 is 4.74 Å². The fourth-order valence-electron chi connectivity index (χ4n) is 4.55. The molecule has 30 heavy (non-hydrogen) atoms. The Balaban J connectivity index is 1.51. The van der Waals surface area contributed by atoms with Crippen molar-refractivity contribution in [3.05, 3.63) is 65.5 Å². The first-order valence-corrected chi connectivity index (χ1v) is 10.4. The van der Waals surface area contributed by atoms with Crippen LogP contribution in [0.2, 0.25) is 0 Å². The molecule has 1 fully saturated rings. The largest absolute Gasteiger partial charge is 0.487 e. The molecular formula is C24H27FN2O3. The number of benzene rings is 2. The number of piperidine rings is 1. The molecule has 1 spiro atoms. The van der Waals surface area contributed by atoms with Crippen LogP contribution in [0, 0.1) is 5.82 Å². The first kappa shape index (κ1) is 20.4. The summed E-state index contributed by atoms with van der Waals surface area (Å²) in [4.78, 5) is 28.5. The minimum atomic E-state index is -0.493. The average molecular weight is 410 g/mol. The minimum absolute atomic E-state index is 0.0821. The maximum atomic E-state index is 14.0. The second-order valence-electron chi connectivity index (χ2n) is 8.49. The van der Waals surface area contributed by atoms with E-state index in [4.69, 9.17) is 4.74 Å². The zero-order valence-electron chi connectivity index (χ0n) is 17.4. The Bertz CT molecular complexity index is 951. The molecule has 0 aliphatic carbocycles. The summed E-state index contributed by atoms with van der Waals surface area (Å²) in [5, 5.41) is 0. The second-order valence-corrected chi connectivity index (χ2v) is 8.49. The van der Waals surface area contributed by atoms with Crippen molar-refractivity contribution in [2.24, 2.45) is 0 Å². The standard InChI is InChI=1S/C24H27FN2O3/c1-26(2)22(28)15-17-16-24(30-21-10-6-4-7-18(17)21)11-13-27(14-12-24)23(29)19-8-3-5-9-20(19)25/h3-10,17H,11-16H2,1-2H3/t17-/m1/s1. The number of rotatable bonds is 3. The van der Waals surface area contributed by atoms with Gasteiger partial charge in [-0.3, -0.25) is 9.59 Å². The van der Waals surface area contributed by atoms with Gasteiger partial charge in [-0.25, -0.2) is 4.39 Å². The van der Waals surface area contributed by atoms with Crippen molar-refractivity contribution in [2.45, 2.75) is 37.2 Å². The van der Waals surface area contributed by atoms with Crippen molar-refractivity contribution in [3.8, 4) is 5.75 Å². The van der Waals surface area contributed by atoms with Crippen molar-refractivity contribution < 1.29 is 18.7 Å². The van der Waals surface area contributed by atoms with E-state index in [1.54, 1.807) is 36.0 Å². The molecule has 2 heterocycles. The molecule has 1 atom stereocenters. The highest BCUT2D eigenvalue weighted by Crippen LogP contribution is 2.46. The van der Waals surface area contributed by atoms with E-state index in [0.717, 1.165) is 17.7 Å². The molecule has 0 aromatic heterocycles. The lowest BCUT2D eigenvalue weighted by molar-refractivity contribution is -0.129. The van der Waals surface area contributed by atoms with Crippen molar-refractivity contribution in [2.75, 3.05) is 27.2 Å². The molecule has 4 rings (SSSR count). The molecule has 6 heteroatoms. The molecule has 0 bridgehead atoms. The van der Waals surface area contributed by atoms with Gasteiger partial charge in [0.2, 0.25) is 5.91 Å². The topological polar surface area (TPSA) is 49.9 Å². The number of para-hydroxylation sites is 1. The van der Waals surface area contributed by atoms with Crippen LogP contribution in [0.15, 0.2) is 48.5 Å². The first-order chi connectivity index (χ1) is 14.4. The predicted molar refractivity (Wildman–Crippen MR) is 112 cm³/mol. The molecule has 0 saturated carbocycles. The van der Waals surface area contributed by atoms with Crippen LogP contribution in [0.4, 0.5) is 4.39 Å². The molecule has 2 aromatic rings. The third-order valence-electron chi connectivity index (χ3n) is 6.29. The number of fused-ring (bicyclic) bond motifs is 1. The van der Waals surface area contributed by atoms with Crippen LogP contribution in [0.1, 0.15) is 47.5 Å². The van der Waals surface area contributed by atoms with Crippen molar-refractivity contribution in [1.29, 1.82) is 0 Å². The van der Waals surface area contributed by atoms with Gasteiger partial charge in [0.25, 0.3) is 5.91 Å². The highest BCUT2D eigenvalue weighted by atomic mass is 19.1. The number of likely N-dealkylation sites (tertiary alicyclic amines) is 1. The normalized spacial score (nSPS) is 19.7. The van der Waals surface area contributed by atoms with Crippen LogP contribution in [0.5, 0.6) is 5.75 Å². The van der Waals surface area contributed by atoms with E-state index in [0.29, 0.717) is 32.4 Å². The van der Waals surface area contributed by atoms with Gasteiger partial charge in [-0.15, -0.1) is 0 Å². The third-order valence-corrected chi connectivity index (χ3v) is 6.29. The number of hydrogen-bond donors (Lipinski definition) is 0. The van der Waals surface area contributed by atoms with Gasteiger partial charge in [0.15, 0.2) is 0 Å². The maximum Gasteiger partial charge on any atom is 0.256 e. The Morgan fingerprint density at radius 3 is 2.47 bits per heavy atom. The summed E-state index contributed by atoms with van der Waals surface area (Å²) in [5.41, 5.74) is 0.776. The van der Waals surface area contributed by atoms with Gasteiger partial charge in [0, 0.05) is 52.4 Å². The van der Waals surface area contributed by atoms with Crippen LogP contribution in [0.25, 0.3) is 0 Å². The highest BCUT2D eigenvalue weighted by Gasteiger charge is 2.44. The number of nitrogens with zero attached hydrogens (tertiary/aromatic N) is 2. The number of carbonyl (C=O) groups is 2. The molecule has 2 amide bonds. The molecule has 2 aliphatic heterocycles. The van der Waals surface area contributed by atoms with E-state index in [-0.39, 0.29) is 23.3 Å².